The number of β-amino-alcohol motifs (C(OH)–C–C–N with tert-alkyl or cyclic N) is 1. The fourth-order valence-electron chi connectivity index (χ4n) is 2.25. The van der Waals surface area contributed by atoms with Crippen molar-refractivity contribution in [3.63, 3.8) is 0 Å². The van der Waals surface area contributed by atoms with E-state index in [0.717, 1.165) is 0 Å². The molecule has 2 rings (SSSR count). The second kappa shape index (κ2) is 7.95. The Morgan fingerprint density at radius 2 is 2.30 bits per heavy atom. The van der Waals surface area contributed by atoms with Crippen LogP contribution >= 0.6 is 0 Å². The number of hydrogen-bond donors (Lipinski definition) is 3. The van der Waals surface area contributed by atoms with Gasteiger partial charge >= 0.3 is 0 Å². The van der Waals surface area contributed by atoms with Gasteiger partial charge in [0.2, 0.25) is 5.91 Å². The maximum absolute atomic E-state index is 12.0. The standard InChI is InChI=1S/C14H21N5O4/c1-15-7-12(20)19-4-5-23-10-14(22,9-19)8-18-13(21)11-6-16-2-3-17-11/h2-3,6,15,22H,4-5,7-10H2,1H3,(H,18,21)/t14-/m1/s1. The van der Waals surface area contributed by atoms with Crippen molar-refractivity contribution in [3.05, 3.63) is 24.3 Å². The molecule has 0 bridgehead atoms. The smallest absolute Gasteiger partial charge is 0.271 e. The van der Waals surface area contributed by atoms with E-state index in [9.17, 15) is 14.7 Å². The van der Waals surface area contributed by atoms with Crippen LogP contribution in [0.1, 0.15) is 10.5 Å². The number of amides is 2. The van der Waals surface area contributed by atoms with Crippen molar-refractivity contribution in [1.29, 1.82) is 0 Å². The largest absolute Gasteiger partial charge is 0.384 e. The summed E-state index contributed by atoms with van der Waals surface area (Å²) in [5.74, 6) is -0.569. The predicted molar refractivity (Wildman–Crippen MR) is 80.6 cm³/mol. The third kappa shape index (κ3) is 4.95. The highest BCUT2D eigenvalue weighted by Gasteiger charge is 2.34. The second-order valence-corrected chi connectivity index (χ2v) is 5.40. The summed E-state index contributed by atoms with van der Waals surface area (Å²) in [6, 6.07) is 0. The number of likely N-dealkylation sites (N-methyl/N-ethyl adjacent to an activating group) is 1. The lowest BCUT2D eigenvalue weighted by Gasteiger charge is -2.30. The van der Waals surface area contributed by atoms with Gasteiger partial charge in [-0.3, -0.25) is 14.6 Å². The summed E-state index contributed by atoms with van der Waals surface area (Å²) in [7, 11) is 1.68. The summed E-state index contributed by atoms with van der Waals surface area (Å²) in [5.41, 5.74) is -1.19. The molecule has 0 aromatic carbocycles. The molecular weight excluding hydrogens is 302 g/mol. The molecule has 0 aliphatic carbocycles. The zero-order chi connectivity index (χ0) is 16.7. The fraction of sp³-hybridized carbons (Fsp3) is 0.571. The normalized spacial score (nSPS) is 21.6. The van der Waals surface area contributed by atoms with Crippen molar-refractivity contribution in [2.75, 3.05) is 46.4 Å². The Hall–Kier alpha value is -2.10. The third-order valence-electron chi connectivity index (χ3n) is 3.42. The van der Waals surface area contributed by atoms with E-state index >= 15 is 0 Å². The highest BCUT2D eigenvalue weighted by atomic mass is 16.5. The molecule has 1 aliphatic rings. The van der Waals surface area contributed by atoms with E-state index < -0.39 is 11.5 Å². The topological polar surface area (TPSA) is 117 Å². The van der Waals surface area contributed by atoms with Gasteiger partial charge in [0.25, 0.3) is 5.91 Å². The molecule has 1 aliphatic heterocycles. The van der Waals surface area contributed by atoms with Crippen LogP contribution in [0.3, 0.4) is 0 Å². The van der Waals surface area contributed by atoms with Crippen LogP contribution in [0.2, 0.25) is 0 Å². The van der Waals surface area contributed by atoms with E-state index in [2.05, 4.69) is 20.6 Å². The van der Waals surface area contributed by atoms with Gasteiger partial charge < -0.3 is 25.4 Å². The van der Waals surface area contributed by atoms with Crippen LogP contribution in [-0.2, 0) is 9.53 Å². The number of hydrogen-bond acceptors (Lipinski definition) is 7. The molecule has 1 fully saturated rings. The number of aliphatic hydroxyl groups is 1. The molecule has 0 saturated carbocycles. The maximum atomic E-state index is 12.0. The first kappa shape index (κ1) is 17.3. The van der Waals surface area contributed by atoms with Crippen molar-refractivity contribution in [2.45, 2.75) is 5.60 Å². The lowest BCUT2D eigenvalue weighted by atomic mass is 10.0. The molecule has 9 heteroatoms. The minimum Gasteiger partial charge on any atom is -0.384 e. The van der Waals surface area contributed by atoms with Gasteiger partial charge in [0.05, 0.1) is 39.0 Å². The molecule has 2 heterocycles. The molecule has 1 atom stereocenters. The SMILES string of the molecule is CNCC(=O)N1CCOC[C@@](O)(CNC(=O)c2cnccn2)C1. The molecule has 0 spiro atoms. The number of carbonyl (C=O) groups is 2. The Balaban J connectivity index is 1.96. The fourth-order valence-corrected chi connectivity index (χ4v) is 2.25. The molecule has 23 heavy (non-hydrogen) atoms. The Morgan fingerprint density at radius 3 is 3.00 bits per heavy atom. The van der Waals surface area contributed by atoms with Crippen molar-refractivity contribution < 1.29 is 19.4 Å². The summed E-state index contributed by atoms with van der Waals surface area (Å²) < 4.78 is 5.36. The molecule has 1 saturated heterocycles. The minimum atomic E-state index is -1.35. The lowest BCUT2D eigenvalue weighted by Crippen LogP contribution is -2.54. The maximum Gasteiger partial charge on any atom is 0.271 e. The summed E-state index contributed by atoms with van der Waals surface area (Å²) >= 11 is 0. The predicted octanol–water partition coefficient (Wildman–Crippen LogP) is -1.98. The van der Waals surface area contributed by atoms with E-state index in [1.807, 2.05) is 0 Å². The highest BCUT2D eigenvalue weighted by Crippen LogP contribution is 2.12. The van der Waals surface area contributed by atoms with Gasteiger partial charge in [0.15, 0.2) is 0 Å². The first-order valence-corrected chi connectivity index (χ1v) is 7.31. The molecule has 1 aromatic rings. The molecule has 2 amide bonds. The summed E-state index contributed by atoms with van der Waals surface area (Å²) in [6.07, 6.45) is 4.22. The molecular formula is C14H21N5O4. The third-order valence-corrected chi connectivity index (χ3v) is 3.42. The van der Waals surface area contributed by atoms with E-state index in [-0.39, 0.29) is 37.8 Å². The Labute approximate surface area is 134 Å². The summed E-state index contributed by atoms with van der Waals surface area (Å²) in [5, 5.41) is 16.0. The average Bonchev–Trinajstić information content (AvgIpc) is 2.76. The summed E-state index contributed by atoms with van der Waals surface area (Å²) in [4.78, 5) is 33.2. The number of aromatic nitrogens is 2. The van der Waals surface area contributed by atoms with Gasteiger partial charge in [0.1, 0.15) is 11.3 Å². The Bertz CT molecular complexity index is 541. The molecule has 1 aromatic heterocycles. The number of nitrogens with one attached hydrogen (secondary N) is 2. The monoisotopic (exact) mass is 323 g/mol. The first-order chi connectivity index (χ1) is 11.0. The van der Waals surface area contributed by atoms with E-state index in [1.165, 1.54) is 23.5 Å². The molecule has 126 valence electrons. The number of ether oxygens (including phenoxy) is 1. The number of nitrogens with zero attached hydrogens (tertiary/aromatic N) is 3. The van der Waals surface area contributed by atoms with Crippen molar-refractivity contribution >= 4 is 11.8 Å². The quantitative estimate of drug-likeness (QED) is 0.575. The number of carbonyl (C=O) groups excluding carboxylic acids is 2. The van der Waals surface area contributed by atoms with Crippen LogP contribution < -0.4 is 10.6 Å². The minimum absolute atomic E-state index is 0.0388. The highest BCUT2D eigenvalue weighted by molar-refractivity contribution is 5.91. The number of rotatable bonds is 5. The second-order valence-electron chi connectivity index (χ2n) is 5.40. The zero-order valence-electron chi connectivity index (χ0n) is 13.0. The van der Waals surface area contributed by atoms with E-state index in [1.54, 1.807) is 7.05 Å². The van der Waals surface area contributed by atoms with Crippen LogP contribution in [-0.4, -0.2) is 83.8 Å². The van der Waals surface area contributed by atoms with Gasteiger partial charge in [-0.2, -0.15) is 0 Å². The molecule has 0 radical (unpaired) electrons. The summed E-state index contributed by atoms with van der Waals surface area (Å²) in [6.45, 7) is 1.01. The van der Waals surface area contributed by atoms with Crippen molar-refractivity contribution in [1.82, 2.24) is 25.5 Å². The van der Waals surface area contributed by atoms with E-state index in [0.29, 0.717) is 13.2 Å². The lowest BCUT2D eigenvalue weighted by molar-refractivity contribution is -0.132. The van der Waals surface area contributed by atoms with Crippen LogP contribution in [0.5, 0.6) is 0 Å². The average molecular weight is 323 g/mol. The van der Waals surface area contributed by atoms with Crippen LogP contribution in [0.25, 0.3) is 0 Å². The van der Waals surface area contributed by atoms with Crippen molar-refractivity contribution in [3.8, 4) is 0 Å². The van der Waals surface area contributed by atoms with Crippen molar-refractivity contribution in [2.24, 2.45) is 0 Å². The molecule has 0 unspecified atom stereocenters. The van der Waals surface area contributed by atoms with Gasteiger partial charge in [0, 0.05) is 18.9 Å². The molecule has 3 N–H and O–H groups in total. The van der Waals surface area contributed by atoms with E-state index in [4.69, 9.17) is 4.74 Å². The first-order valence-electron chi connectivity index (χ1n) is 7.31. The van der Waals surface area contributed by atoms with Gasteiger partial charge in [-0.1, -0.05) is 0 Å². The van der Waals surface area contributed by atoms with Crippen LogP contribution in [0.15, 0.2) is 18.6 Å². The molecule has 9 nitrogen and oxygen atoms in total. The van der Waals surface area contributed by atoms with Gasteiger partial charge in [-0.15, -0.1) is 0 Å². The van der Waals surface area contributed by atoms with Gasteiger partial charge in [-0.25, -0.2) is 4.98 Å². The zero-order valence-corrected chi connectivity index (χ0v) is 13.0. The Morgan fingerprint density at radius 1 is 1.48 bits per heavy atom. The van der Waals surface area contributed by atoms with Gasteiger partial charge in [-0.05, 0) is 7.05 Å². The Kier molecular flexibility index (Phi) is 5.97. The van der Waals surface area contributed by atoms with Crippen LogP contribution in [0.4, 0.5) is 0 Å². The van der Waals surface area contributed by atoms with Crippen LogP contribution in [0, 0.1) is 0 Å².